The Labute approximate surface area is 111 Å². The van der Waals surface area contributed by atoms with Crippen LogP contribution in [0.15, 0.2) is 42.5 Å². The molecule has 2 aromatic rings. The van der Waals surface area contributed by atoms with E-state index in [1.165, 1.54) is 6.07 Å². The Kier molecular flexibility index (Phi) is 3.79. The van der Waals surface area contributed by atoms with Crippen molar-refractivity contribution in [2.24, 2.45) is 0 Å². The Morgan fingerprint density at radius 1 is 1.00 bits per heavy atom. The molecule has 0 spiro atoms. The minimum atomic E-state index is -0.459. The van der Waals surface area contributed by atoms with Gasteiger partial charge in [-0.2, -0.15) is 0 Å². The lowest BCUT2D eigenvalue weighted by molar-refractivity contribution is 0.588. The molecule has 4 heteroatoms. The molecule has 0 bridgehead atoms. The van der Waals surface area contributed by atoms with Crippen LogP contribution in [0.1, 0.15) is 16.0 Å². The van der Waals surface area contributed by atoms with Gasteiger partial charge in [0.2, 0.25) is 0 Å². The molecule has 88 valence electrons. The SMILES string of the molecule is Fc1ccc(F)c(C(Br)c2ccc(Cl)cc2)c1. The number of halogens is 4. The standard InChI is InChI=1S/C13H8BrClF2/c14-13(8-1-3-9(15)4-2-8)11-7-10(16)5-6-12(11)17/h1-7,13H. The minimum Gasteiger partial charge on any atom is -0.207 e. The smallest absolute Gasteiger partial charge is 0.128 e. The molecular weight excluding hydrogens is 309 g/mol. The van der Waals surface area contributed by atoms with Gasteiger partial charge in [-0.3, -0.25) is 0 Å². The summed E-state index contributed by atoms with van der Waals surface area (Å²) in [5, 5.41) is 0.605. The second-order valence-electron chi connectivity index (χ2n) is 3.58. The fraction of sp³-hybridized carbons (Fsp3) is 0.0769. The molecule has 2 rings (SSSR count). The van der Waals surface area contributed by atoms with Gasteiger partial charge in [-0.05, 0) is 35.9 Å². The Morgan fingerprint density at radius 2 is 1.65 bits per heavy atom. The summed E-state index contributed by atoms with van der Waals surface area (Å²) in [6.45, 7) is 0. The first-order valence-corrected chi connectivity index (χ1v) is 6.22. The van der Waals surface area contributed by atoms with Gasteiger partial charge in [0.15, 0.2) is 0 Å². The van der Waals surface area contributed by atoms with Crippen LogP contribution in [0.5, 0.6) is 0 Å². The Bertz CT molecular complexity index is 525. The maximum Gasteiger partial charge on any atom is 0.128 e. The first-order chi connectivity index (χ1) is 8.08. The zero-order valence-electron chi connectivity index (χ0n) is 8.63. The second-order valence-corrected chi connectivity index (χ2v) is 4.93. The van der Waals surface area contributed by atoms with Crippen LogP contribution in [0.25, 0.3) is 0 Å². The third-order valence-corrected chi connectivity index (χ3v) is 3.67. The molecule has 0 saturated carbocycles. The maximum atomic E-state index is 13.6. The van der Waals surface area contributed by atoms with Crippen molar-refractivity contribution in [3.8, 4) is 0 Å². The van der Waals surface area contributed by atoms with E-state index >= 15 is 0 Å². The Balaban J connectivity index is 2.39. The molecule has 0 radical (unpaired) electrons. The van der Waals surface area contributed by atoms with Crippen LogP contribution >= 0.6 is 27.5 Å². The lowest BCUT2D eigenvalue weighted by Crippen LogP contribution is -1.97. The van der Waals surface area contributed by atoms with Crippen molar-refractivity contribution in [1.29, 1.82) is 0 Å². The highest BCUT2D eigenvalue weighted by Gasteiger charge is 2.15. The summed E-state index contributed by atoms with van der Waals surface area (Å²) < 4.78 is 26.6. The maximum absolute atomic E-state index is 13.6. The molecule has 1 atom stereocenters. The summed E-state index contributed by atoms with van der Waals surface area (Å²) >= 11 is 9.12. The number of hydrogen-bond acceptors (Lipinski definition) is 0. The third kappa shape index (κ3) is 2.85. The van der Waals surface area contributed by atoms with Crippen molar-refractivity contribution in [2.45, 2.75) is 4.83 Å². The van der Waals surface area contributed by atoms with E-state index in [1.807, 2.05) is 0 Å². The minimum absolute atomic E-state index is 0.271. The fourth-order valence-corrected chi connectivity index (χ4v) is 2.30. The molecule has 0 fully saturated rings. The highest BCUT2D eigenvalue weighted by atomic mass is 79.9. The predicted molar refractivity (Wildman–Crippen MR) is 68.6 cm³/mol. The summed E-state index contributed by atoms with van der Waals surface area (Å²) in [7, 11) is 0. The van der Waals surface area contributed by atoms with Crippen LogP contribution in [0, 0.1) is 11.6 Å². The van der Waals surface area contributed by atoms with Crippen molar-refractivity contribution >= 4 is 27.5 Å². The van der Waals surface area contributed by atoms with Gasteiger partial charge in [-0.1, -0.05) is 39.7 Å². The van der Waals surface area contributed by atoms with Crippen LogP contribution in [0.3, 0.4) is 0 Å². The molecule has 0 nitrogen and oxygen atoms in total. The van der Waals surface area contributed by atoms with Gasteiger partial charge in [-0.15, -0.1) is 0 Å². The van der Waals surface area contributed by atoms with Gasteiger partial charge in [0.1, 0.15) is 11.6 Å². The zero-order valence-corrected chi connectivity index (χ0v) is 11.0. The highest BCUT2D eigenvalue weighted by Crippen LogP contribution is 2.33. The van der Waals surface area contributed by atoms with Crippen molar-refractivity contribution in [1.82, 2.24) is 0 Å². The summed E-state index contributed by atoms with van der Waals surface area (Å²) in [6, 6.07) is 10.4. The van der Waals surface area contributed by atoms with Crippen LogP contribution in [-0.4, -0.2) is 0 Å². The largest absolute Gasteiger partial charge is 0.207 e. The van der Waals surface area contributed by atoms with E-state index in [2.05, 4.69) is 15.9 Å². The first kappa shape index (κ1) is 12.5. The van der Waals surface area contributed by atoms with Gasteiger partial charge in [0.25, 0.3) is 0 Å². The summed E-state index contributed by atoms with van der Waals surface area (Å²) in [5.41, 5.74) is 1.09. The van der Waals surface area contributed by atoms with Crippen molar-refractivity contribution in [3.63, 3.8) is 0 Å². The van der Waals surface area contributed by atoms with E-state index in [0.717, 1.165) is 17.7 Å². The molecule has 0 aromatic heterocycles. The van der Waals surface area contributed by atoms with Crippen LogP contribution < -0.4 is 0 Å². The molecule has 0 aliphatic carbocycles. The molecule has 17 heavy (non-hydrogen) atoms. The molecule has 0 heterocycles. The van der Waals surface area contributed by atoms with Gasteiger partial charge in [0, 0.05) is 10.6 Å². The summed E-state index contributed by atoms with van der Waals surface area (Å²) in [6.07, 6.45) is 0. The Hall–Kier alpha value is -0.930. The molecule has 0 aliphatic rings. The van der Waals surface area contributed by atoms with Gasteiger partial charge < -0.3 is 0 Å². The van der Waals surface area contributed by atoms with Crippen LogP contribution in [0.4, 0.5) is 8.78 Å². The molecule has 0 saturated heterocycles. The van der Waals surface area contributed by atoms with Gasteiger partial charge in [0.05, 0.1) is 4.83 Å². The second kappa shape index (κ2) is 5.15. The number of rotatable bonds is 2. The van der Waals surface area contributed by atoms with E-state index in [4.69, 9.17) is 11.6 Å². The normalized spacial score (nSPS) is 12.5. The zero-order chi connectivity index (χ0) is 12.4. The lowest BCUT2D eigenvalue weighted by atomic mass is 10.0. The van der Waals surface area contributed by atoms with Gasteiger partial charge >= 0.3 is 0 Å². The first-order valence-electron chi connectivity index (χ1n) is 4.92. The molecule has 0 amide bonds. The van der Waals surface area contributed by atoms with E-state index in [9.17, 15) is 8.78 Å². The quantitative estimate of drug-likeness (QED) is 0.676. The molecular formula is C13H8BrClF2. The van der Waals surface area contributed by atoms with E-state index < -0.39 is 16.5 Å². The molecule has 0 aliphatic heterocycles. The van der Waals surface area contributed by atoms with E-state index in [-0.39, 0.29) is 5.56 Å². The average molecular weight is 318 g/mol. The van der Waals surface area contributed by atoms with Crippen LogP contribution in [0.2, 0.25) is 5.02 Å². The van der Waals surface area contributed by atoms with E-state index in [1.54, 1.807) is 24.3 Å². The fourth-order valence-electron chi connectivity index (χ4n) is 1.52. The topological polar surface area (TPSA) is 0 Å². The van der Waals surface area contributed by atoms with Crippen molar-refractivity contribution < 1.29 is 8.78 Å². The van der Waals surface area contributed by atoms with E-state index in [0.29, 0.717) is 5.02 Å². The predicted octanol–water partition coefficient (Wildman–Crippen LogP) is 5.10. The highest BCUT2D eigenvalue weighted by molar-refractivity contribution is 9.09. The average Bonchev–Trinajstić information content (AvgIpc) is 2.32. The molecule has 0 N–H and O–H groups in total. The number of alkyl halides is 1. The lowest BCUT2D eigenvalue weighted by Gasteiger charge is -2.11. The van der Waals surface area contributed by atoms with Crippen LogP contribution in [-0.2, 0) is 0 Å². The molecule has 2 aromatic carbocycles. The summed E-state index contributed by atoms with van der Waals surface area (Å²) in [4.78, 5) is -0.393. The Morgan fingerprint density at radius 3 is 2.29 bits per heavy atom. The summed E-state index contributed by atoms with van der Waals surface area (Å²) in [5.74, 6) is -0.900. The third-order valence-electron chi connectivity index (χ3n) is 2.39. The van der Waals surface area contributed by atoms with Gasteiger partial charge in [-0.25, -0.2) is 8.78 Å². The molecule has 1 unspecified atom stereocenters. The number of benzene rings is 2. The van der Waals surface area contributed by atoms with Crippen molar-refractivity contribution in [2.75, 3.05) is 0 Å². The monoisotopic (exact) mass is 316 g/mol. The number of hydrogen-bond donors (Lipinski definition) is 0. The van der Waals surface area contributed by atoms with Crippen molar-refractivity contribution in [3.05, 3.63) is 70.2 Å².